The van der Waals surface area contributed by atoms with Crippen LogP contribution in [0.25, 0.3) is 10.2 Å². The molecule has 0 spiro atoms. The third-order valence-corrected chi connectivity index (χ3v) is 6.61. The predicted molar refractivity (Wildman–Crippen MR) is 112 cm³/mol. The zero-order valence-electron chi connectivity index (χ0n) is 15.4. The molecule has 0 saturated heterocycles. The van der Waals surface area contributed by atoms with Gasteiger partial charge in [-0.2, -0.15) is 0 Å². The van der Waals surface area contributed by atoms with Crippen molar-refractivity contribution in [3.8, 4) is 0 Å². The highest BCUT2D eigenvalue weighted by Crippen LogP contribution is 2.45. The summed E-state index contributed by atoms with van der Waals surface area (Å²) in [5.74, 6) is -0.483. The lowest BCUT2D eigenvalue weighted by Gasteiger charge is -2.21. The summed E-state index contributed by atoms with van der Waals surface area (Å²) in [6, 6.07) is 15.5. The Morgan fingerprint density at radius 2 is 2.03 bits per heavy atom. The van der Waals surface area contributed by atoms with Crippen molar-refractivity contribution < 1.29 is 9.59 Å². The molecule has 2 amide bonds. The van der Waals surface area contributed by atoms with E-state index in [0.29, 0.717) is 11.3 Å². The van der Waals surface area contributed by atoms with Gasteiger partial charge in [-0.05, 0) is 41.8 Å². The van der Waals surface area contributed by atoms with E-state index in [0.717, 1.165) is 27.1 Å². The van der Waals surface area contributed by atoms with E-state index >= 15 is 0 Å². The van der Waals surface area contributed by atoms with Crippen LogP contribution in [0.4, 0.5) is 0 Å². The first-order valence-corrected chi connectivity index (χ1v) is 10.1. The van der Waals surface area contributed by atoms with E-state index in [1.165, 1.54) is 5.56 Å². The van der Waals surface area contributed by atoms with E-state index in [4.69, 9.17) is 5.73 Å². The molecule has 0 fully saturated rings. The molecule has 3 heterocycles. The second-order valence-corrected chi connectivity index (χ2v) is 8.29. The van der Waals surface area contributed by atoms with Crippen molar-refractivity contribution in [3.63, 3.8) is 0 Å². The highest BCUT2D eigenvalue weighted by Gasteiger charge is 2.35. The molecule has 1 aliphatic carbocycles. The molecule has 2 atom stereocenters. The second-order valence-electron chi connectivity index (χ2n) is 7.18. The maximum atomic E-state index is 12.8. The maximum absolute atomic E-state index is 12.8. The van der Waals surface area contributed by atoms with Crippen LogP contribution in [0, 0.1) is 0 Å². The Morgan fingerprint density at radius 1 is 1.17 bits per heavy atom. The second kappa shape index (κ2) is 6.86. The molecular weight excluding hydrogens is 384 g/mol. The molecule has 4 N–H and O–H groups in total. The standard InChI is InChI=1S/C22H18N4O2S/c23-21(27)17-10-19-16(25-17)9-18(29-19)15-8-12-4-1-2-6-14(12)20(15)26-22(28)13-5-3-7-24-11-13/h1-7,9-11,15,20,25H,8H2,(H2,23,27)(H,26,28)/t15-,20-/m1/s1. The van der Waals surface area contributed by atoms with E-state index in [2.05, 4.69) is 33.5 Å². The Balaban J connectivity index is 1.50. The van der Waals surface area contributed by atoms with Crippen LogP contribution in [0.5, 0.6) is 0 Å². The number of benzene rings is 1. The number of aromatic amines is 1. The SMILES string of the molecule is NC(=O)c1cc2sc([C@H]3Cc4ccccc4[C@H]3NC(=O)c3cccnc3)cc2[nH]1. The van der Waals surface area contributed by atoms with Crippen LogP contribution in [-0.4, -0.2) is 21.8 Å². The highest BCUT2D eigenvalue weighted by atomic mass is 32.1. The number of carbonyl (C=O) groups excluding carboxylic acids is 2. The number of aromatic nitrogens is 2. The summed E-state index contributed by atoms with van der Waals surface area (Å²) in [5, 5.41) is 3.21. The first kappa shape index (κ1) is 17.6. The number of thiophene rings is 1. The molecule has 1 aromatic carbocycles. The summed E-state index contributed by atoms with van der Waals surface area (Å²) in [4.78, 5) is 32.5. The quantitative estimate of drug-likeness (QED) is 0.487. The van der Waals surface area contributed by atoms with E-state index in [1.54, 1.807) is 41.9 Å². The van der Waals surface area contributed by atoms with Crippen LogP contribution in [0.15, 0.2) is 60.9 Å². The predicted octanol–water partition coefficient (Wildman–Crippen LogP) is 3.53. The van der Waals surface area contributed by atoms with Gasteiger partial charge in [-0.1, -0.05) is 24.3 Å². The van der Waals surface area contributed by atoms with Gasteiger partial charge in [0.2, 0.25) is 0 Å². The van der Waals surface area contributed by atoms with Gasteiger partial charge in [0.25, 0.3) is 11.8 Å². The third-order valence-electron chi connectivity index (χ3n) is 5.40. The first-order chi connectivity index (χ1) is 14.1. The normalized spacial score (nSPS) is 17.9. The minimum atomic E-state index is -0.468. The average molecular weight is 402 g/mol. The number of rotatable bonds is 4. The van der Waals surface area contributed by atoms with Crippen LogP contribution >= 0.6 is 11.3 Å². The van der Waals surface area contributed by atoms with Crippen molar-refractivity contribution in [2.24, 2.45) is 5.73 Å². The van der Waals surface area contributed by atoms with Gasteiger partial charge in [-0.3, -0.25) is 14.6 Å². The van der Waals surface area contributed by atoms with Crippen molar-refractivity contribution in [1.29, 1.82) is 0 Å². The van der Waals surface area contributed by atoms with E-state index in [1.807, 2.05) is 12.1 Å². The van der Waals surface area contributed by atoms with Gasteiger partial charge in [-0.25, -0.2) is 0 Å². The van der Waals surface area contributed by atoms with Gasteiger partial charge in [0.1, 0.15) is 5.69 Å². The molecule has 144 valence electrons. The molecule has 3 aromatic heterocycles. The van der Waals surface area contributed by atoms with Crippen LogP contribution in [0.2, 0.25) is 0 Å². The molecule has 1 aliphatic rings. The molecule has 0 unspecified atom stereocenters. The summed E-state index contributed by atoms with van der Waals surface area (Å²) in [5.41, 5.74) is 9.60. The van der Waals surface area contributed by atoms with E-state index in [9.17, 15) is 9.59 Å². The fourth-order valence-corrected chi connectivity index (χ4v) is 5.22. The van der Waals surface area contributed by atoms with Crippen molar-refractivity contribution >= 4 is 33.4 Å². The van der Waals surface area contributed by atoms with E-state index in [-0.39, 0.29) is 17.9 Å². The molecule has 5 rings (SSSR count). The Hall–Kier alpha value is -3.45. The first-order valence-electron chi connectivity index (χ1n) is 9.31. The fraction of sp³-hybridized carbons (Fsp3) is 0.136. The van der Waals surface area contributed by atoms with Crippen LogP contribution in [-0.2, 0) is 6.42 Å². The maximum Gasteiger partial charge on any atom is 0.265 e. The minimum absolute atomic E-state index is 0.121. The number of fused-ring (bicyclic) bond motifs is 2. The lowest BCUT2D eigenvalue weighted by atomic mass is 9.98. The summed E-state index contributed by atoms with van der Waals surface area (Å²) >= 11 is 1.63. The van der Waals surface area contributed by atoms with Crippen LogP contribution in [0.1, 0.15) is 48.8 Å². The molecule has 0 bridgehead atoms. The molecule has 0 aliphatic heterocycles. The van der Waals surface area contributed by atoms with Gasteiger partial charge >= 0.3 is 0 Å². The number of pyridine rings is 1. The van der Waals surface area contributed by atoms with Gasteiger partial charge < -0.3 is 16.0 Å². The smallest absolute Gasteiger partial charge is 0.265 e. The van der Waals surface area contributed by atoms with Crippen LogP contribution < -0.4 is 11.1 Å². The number of hydrogen-bond donors (Lipinski definition) is 3. The van der Waals surface area contributed by atoms with Crippen LogP contribution in [0.3, 0.4) is 0 Å². The zero-order valence-corrected chi connectivity index (χ0v) is 16.2. The third kappa shape index (κ3) is 3.09. The van der Waals surface area contributed by atoms with Gasteiger partial charge in [0, 0.05) is 23.2 Å². The Labute approximate surface area is 170 Å². The number of amides is 2. The number of H-pyrrole nitrogens is 1. The topological polar surface area (TPSA) is 101 Å². The lowest BCUT2D eigenvalue weighted by Crippen LogP contribution is -2.30. The Morgan fingerprint density at radius 3 is 2.79 bits per heavy atom. The Kier molecular flexibility index (Phi) is 4.17. The largest absolute Gasteiger partial charge is 0.364 e. The Bertz CT molecular complexity index is 1200. The molecule has 29 heavy (non-hydrogen) atoms. The van der Waals surface area contributed by atoms with Gasteiger partial charge in [-0.15, -0.1) is 11.3 Å². The summed E-state index contributed by atoms with van der Waals surface area (Å²) in [7, 11) is 0. The highest BCUT2D eigenvalue weighted by molar-refractivity contribution is 7.19. The molecule has 0 saturated carbocycles. The van der Waals surface area contributed by atoms with Gasteiger partial charge in [0.05, 0.1) is 21.8 Å². The number of nitrogens with zero attached hydrogens (tertiary/aromatic N) is 1. The summed E-state index contributed by atoms with van der Waals surface area (Å²) < 4.78 is 0.988. The molecular formula is C22H18N4O2S. The summed E-state index contributed by atoms with van der Waals surface area (Å²) in [6.45, 7) is 0. The summed E-state index contributed by atoms with van der Waals surface area (Å²) in [6.07, 6.45) is 4.07. The minimum Gasteiger partial charge on any atom is -0.364 e. The van der Waals surface area contributed by atoms with E-state index < -0.39 is 5.91 Å². The lowest BCUT2D eigenvalue weighted by molar-refractivity contribution is 0.0931. The number of nitrogens with one attached hydrogen (secondary N) is 2. The number of nitrogens with two attached hydrogens (primary N) is 1. The molecule has 7 heteroatoms. The zero-order chi connectivity index (χ0) is 20.0. The number of primary amides is 1. The van der Waals surface area contributed by atoms with Crippen molar-refractivity contribution in [2.75, 3.05) is 0 Å². The van der Waals surface area contributed by atoms with Crippen molar-refractivity contribution in [2.45, 2.75) is 18.4 Å². The number of hydrogen-bond acceptors (Lipinski definition) is 4. The average Bonchev–Trinajstić information content (AvgIpc) is 3.40. The molecule has 6 nitrogen and oxygen atoms in total. The van der Waals surface area contributed by atoms with Gasteiger partial charge in [0.15, 0.2) is 0 Å². The van der Waals surface area contributed by atoms with Crippen molar-refractivity contribution in [1.82, 2.24) is 15.3 Å². The van der Waals surface area contributed by atoms with Crippen molar-refractivity contribution in [3.05, 3.63) is 88.2 Å². The monoisotopic (exact) mass is 402 g/mol. The fourth-order valence-electron chi connectivity index (χ4n) is 4.02. The molecule has 4 aromatic rings. The number of carbonyl (C=O) groups is 2. The molecule has 0 radical (unpaired) electrons.